The monoisotopic (exact) mass is 351 g/mol. The van der Waals surface area contributed by atoms with Gasteiger partial charge in [0, 0.05) is 0 Å². The van der Waals surface area contributed by atoms with Crippen LogP contribution in [0.5, 0.6) is 11.5 Å². The Morgan fingerprint density at radius 2 is 2.24 bits per heavy atom. The second-order valence-electron chi connectivity index (χ2n) is 3.84. The molecule has 0 bridgehead atoms. The zero-order valence-electron chi connectivity index (χ0n) is 11.4. The van der Waals surface area contributed by atoms with E-state index in [-0.39, 0.29) is 5.57 Å². The summed E-state index contributed by atoms with van der Waals surface area (Å²) < 4.78 is 11.6. The van der Waals surface area contributed by atoms with Gasteiger partial charge >= 0.3 is 5.97 Å². The van der Waals surface area contributed by atoms with Crippen LogP contribution in [0.4, 0.5) is 0 Å². The molecule has 1 rings (SSSR count). The van der Waals surface area contributed by atoms with Crippen molar-refractivity contribution in [2.24, 2.45) is 0 Å². The maximum Gasteiger partial charge on any atom is 0.346 e. The van der Waals surface area contributed by atoms with Gasteiger partial charge in [-0.25, -0.2) is 4.79 Å². The Morgan fingerprint density at radius 1 is 1.52 bits per heavy atom. The first-order valence-electron chi connectivity index (χ1n) is 6.08. The van der Waals surface area contributed by atoms with Gasteiger partial charge in [-0.1, -0.05) is 12.7 Å². The average Bonchev–Trinajstić information content (AvgIpc) is 2.44. The van der Waals surface area contributed by atoms with E-state index in [0.29, 0.717) is 34.7 Å². The molecule has 0 aliphatic heterocycles. The fourth-order valence-electron chi connectivity index (χ4n) is 1.53. The lowest BCUT2D eigenvalue weighted by atomic mass is 10.1. The summed E-state index contributed by atoms with van der Waals surface area (Å²) in [4.78, 5) is 10.9. The molecule has 0 aliphatic rings. The average molecular weight is 352 g/mol. The van der Waals surface area contributed by atoms with E-state index in [9.17, 15) is 4.79 Å². The number of carbonyl (C=O) groups is 1. The molecule has 1 aromatic rings. The van der Waals surface area contributed by atoms with Gasteiger partial charge in [0.15, 0.2) is 11.5 Å². The lowest BCUT2D eigenvalue weighted by Gasteiger charge is -2.13. The molecule has 1 aromatic carbocycles. The molecule has 1 N–H and O–H groups in total. The minimum atomic E-state index is -1.28. The Kier molecular flexibility index (Phi) is 6.50. The Hall–Kier alpha value is -2.26. The molecule has 0 atom stereocenters. The number of benzene rings is 1. The van der Waals surface area contributed by atoms with Crippen LogP contribution >= 0.6 is 15.9 Å². The van der Waals surface area contributed by atoms with Crippen molar-refractivity contribution < 1.29 is 19.4 Å². The molecular weight excluding hydrogens is 338 g/mol. The van der Waals surface area contributed by atoms with E-state index in [0.717, 1.165) is 0 Å². The highest BCUT2D eigenvalue weighted by atomic mass is 79.9. The molecule has 110 valence electrons. The molecule has 0 unspecified atom stereocenters. The number of ether oxygens (including phenoxy) is 2. The zero-order chi connectivity index (χ0) is 15.8. The fourth-order valence-corrected chi connectivity index (χ4v) is 2.10. The van der Waals surface area contributed by atoms with Crippen LogP contribution in [0.1, 0.15) is 12.5 Å². The minimum absolute atomic E-state index is 0.312. The summed E-state index contributed by atoms with van der Waals surface area (Å²) in [5, 5.41) is 17.7. The number of rotatable bonds is 7. The number of nitriles is 1. The first-order valence-corrected chi connectivity index (χ1v) is 6.87. The molecule has 0 amide bonds. The van der Waals surface area contributed by atoms with Crippen molar-refractivity contribution in [3.05, 3.63) is 40.4 Å². The molecule has 0 radical (unpaired) electrons. The van der Waals surface area contributed by atoms with Crippen LogP contribution in [0, 0.1) is 11.3 Å². The number of nitrogens with zero attached hydrogens (tertiary/aromatic N) is 1. The van der Waals surface area contributed by atoms with Gasteiger partial charge in [-0.15, -0.1) is 0 Å². The van der Waals surface area contributed by atoms with Crippen LogP contribution in [0.15, 0.2) is 34.8 Å². The second kappa shape index (κ2) is 8.12. The fraction of sp³-hybridized carbons (Fsp3) is 0.200. The maximum absolute atomic E-state index is 10.9. The minimum Gasteiger partial charge on any atom is -0.490 e. The van der Waals surface area contributed by atoms with E-state index >= 15 is 0 Å². The van der Waals surface area contributed by atoms with Crippen LogP contribution < -0.4 is 9.47 Å². The summed E-state index contributed by atoms with van der Waals surface area (Å²) in [6.07, 6.45) is 2.88. The molecule has 0 fully saturated rings. The molecule has 0 heterocycles. The predicted molar refractivity (Wildman–Crippen MR) is 82.2 cm³/mol. The van der Waals surface area contributed by atoms with Gasteiger partial charge in [-0.05, 0) is 46.6 Å². The highest BCUT2D eigenvalue weighted by Gasteiger charge is 2.13. The van der Waals surface area contributed by atoms with Crippen LogP contribution in [0.3, 0.4) is 0 Å². The van der Waals surface area contributed by atoms with Gasteiger partial charge in [0.05, 0.1) is 11.1 Å². The SMILES string of the molecule is C=CCOc1c(Br)cc(/C=C(\C#N)C(=O)O)cc1OCC. The molecule has 0 saturated carbocycles. The van der Waals surface area contributed by atoms with Crippen molar-refractivity contribution >= 4 is 28.0 Å². The van der Waals surface area contributed by atoms with Gasteiger partial charge in [0.25, 0.3) is 0 Å². The first kappa shape index (κ1) is 16.8. The Balaban J connectivity index is 3.29. The van der Waals surface area contributed by atoms with Crippen molar-refractivity contribution in [3.63, 3.8) is 0 Å². The van der Waals surface area contributed by atoms with E-state index < -0.39 is 5.97 Å². The van der Waals surface area contributed by atoms with Crippen molar-refractivity contribution in [3.8, 4) is 17.6 Å². The molecule has 0 aliphatic carbocycles. The summed E-state index contributed by atoms with van der Waals surface area (Å²) in [6, 6.07) is 4.90. The van der Waals surface area contributed by atoms with Gasteiger partial charge in [-0.2, -0.15) is 5.26 Å². The van der Waals surface area contributed by atoms with E-state index in [4.69, 9.17) is 19.8 Å². The van der Waals surface area contributed by atoms with Gasteiger partial charge in [0.1, 0.15) is 18.2 Å². The standard InChI is InChI=1S/C15H14BrNO4/c1-3-5-21-14-12(16)7-10(8-13(14)20-4-2)6-11(9-17)15(18)19/h3,6-8H,1,4-5H2,2H3,(H,18,19)/b11-6+. The Morgan fingerprint density at radius 3 is 2.76 bits per heavy atom. The van der Waals surface area contributed by atoms with E-state index in [2.05, 4.69) is 22.5 Å². The van der Waals surface area contributed by atoms with Crippen LogP contribution in [-0.4, -0.2) is 24.3 Å². The normalized spacial score (nSPS) is 10.6. The van der Waals surface area contributed by atoms with Gasteiger partial charge in [0.2, 0.25) is 0 Å². The maximum atomic E-state index is 10.9. The van der Waals surface area contributed by atoms with Crippen molar-refractivity contribution in [2.45, 2.75) is 6.92 Å². The molecule has 0 saturated heterocycles. The highest BCUT2D eigenvalue weighted by molar-refractivity contribution is 9.10. The number of halogens is 1. The van der Waals surface area contributed by atoms with Crippen LogP contribution in [0.2, 0.25) is 0 Å². The van der Waals surface area contributed by atoms with E-state index in [1.54, 1.807) is 24.3 Å². The van der Waals surface area contributed by atoms with Crippen molar-refractivity contribution in [1.29, 1.82) is 5.26 Å². The summed E-state index contributed by atoms with van der Waals surface area (Å²) in [5.41, 5.74) is 0.166. The molecule has 0 spiro atoms. The summed E-state index contributed by atoms with van der Waals surface area (Å²) in [6.45, 7) is 6.14. The number of carboxylic acid groups (broad SMARTS) is 1. The van der Waals surface area contributed by atoms with Gasteiger partial charge in [-0.3, -0.25) is 0 Å². The summed E-state index contributed by atoms with van der Waals surface area (Å²) in [5.74, 6) is -0.316. The lowest BCUT2D eigenvalue weighted by Crippen LogP contribution is -2.01. The quantitative estimate of drug-likeness (QED) is 0.462. The highest BCUT2D eigenvalue weighted by Crippen LogP contribution is 2.37. The number of hydrogen-bond donors (Lipinski definition) is 1. The topological polar surface area (TPSA) is 79.5 Å². The third-order valence-electron chi connectivity index (χ3n) is 2.34. The van der Waals surface area contributed by atoms with Crippen molar-refractivity contribution in [2.75, 3.05) is 13.2 Å². The smallest absolute Gasteiger partial charge is 0.346 e. The first-order chi connectivity index (χ1) is 10.0. The zero-order valence-corrected chi connectivity index (χ0v) is 13.0. The number of aliphatic carboxylic acids is 1. The lowest BCUT2D eigenvalue weighted by molar-refractivity contribution is -0.132. The largest absolute Gasteiger partial charge is 0.490 e. The van der Waals surface area contributed by atoms with Gasteiger partial charge < -0.3 is 14.6 Å². The second-order valence-corrected chi connectivity index (χ2v) is 4.69. The molecular formula is C15H14BrNO4. The molecule has 6 heteroatoms. The summed E-state index contributed by atoms with van der Waals surface area (Å²) in [7, 11) is 0. The molecule has 5 nitrogen and oxygen atoms in total. The summed E-state index contributed by atoms with van der Waals surface area (Å²) >= 11 is 3.35. The molecule has 0 aromatic heterocycles. The third kappa shape index (κ3) is 4.65. The van der Waals surface area contributed by atoms with Crippen LogP contribution in [-0.2, 0) is 4.79 Å². The number of hydrogen-bond acceptors (Lipinski definition) is 4. The van der Waals surface area contributed by atoms with Crippen LogP contribution in [0.25, 0.3) is 6.08 Å². The Labute approximate surface area is 131 Å². The Bertz CT molecular complexity index is 617. The molecule has 21 heavy (non-hydrogen) atoms. The third-order valence-corrected chi connectivity index (χ3v) is 2.93. The van der Waals surface area contributed by atoms with E-state index in [1.807, 2.05) is 6.92 Å². The number of carboxylic acids is 1. The van der Waals surface area contributed by atoms with Crippen molar-refractivity contribution in [1.82, 2.24) is 0 Å². The van der Waals surface area contributed by atoms with E-state index in [1.165, 1.54) is 6.08 Å². The predicted octanol–water partition coefficient (Wildman–Crippen LogP) is 3.40.